The van der Waals surface area contributed by atoms with Gasteiger partial charge in [0.2, 0.25) is 10.0 Å². The molecule has 7 nitrogen and oxygen atoms in total. The highest BCUT2D eigenvalue weighted by Gasteiger charge is 2.38. The fourth-order valence-electron chi connectivity index (χ4n) is 3.26. The van der Waals surface area contributed by atoms with Crippen molar-refractivity contribution >= 4 is 21.4 Å². The minimum Gasteiger partial charge on any atom is -0.364 e. The summed E-state index contributed by atoms with van der Waals surface area (Å²) >= 11 is 0. The molecule has 0 aliphatic carbocycles. The lowest BCUT2D eigenvalue weighted by atomic mass is 10.1. The molecule has 0 aromatic heterocycles. The van der Waals surface area contributed by atoms with Gasteiger partial charge in [-0.25, -0.2) is 8.42 Å². The van der Waals surface area contributed by atoms with E-state index in [-0.39, 0.29) is 17.1 Å². The highest BCUT2D eigenvalue weighted by Crippen LogP contribution is 2.39. The predicted molar refractivity (Wildman–Crippen MR) is 105 cm³/mol. The number of non-ortho nitro benzene ring substituents is 1. The fraction of sp³-hybridized carbons (Fsp3) is 0.100. The molecule has 0 radical (unpaired) electrons. The Bertz CT molecular complexity index is 1120. The van der Waals surface area contributed by atoms with Gasteiger partial charge in [-0.05, 0) is 35.4 Å². The van der Waals surface area contributed by atoms with Gasteiger partial charge in [0.1, 0.15) is 11.1 Å². The van der Waals surface area contributed by atoms with Crippen LogP contribution < -0.4 is 5.32 Å². The monoisotopic (exact) mass is 395 g/mol. The highest BCUT2D eigenvalue weighted by molar-refractivity contribution is 7.89. The molecule has 0 saturated heterocycles. The Kier molecular flexibility index (Phi) is 4.58. The van der Waals surface area contributed by atoms with Gasteiger partial charge in [0, 0.05) is 18.7 Å². The van der Waals surface area contributed by atoms with Crippen molar-refractivity contribution < 1.29 is 13.3 Å². The zero-order valence-corrected chi connectivity index (χ0v) is 15.5. The Morgan fingerprint density at radius 1 is 0.929 bits per heavy atom. The SMILES string of the molecule is O=[N+]([O-])c1ccc([C@@H]2Nc3ccccc3S(=O)(=O)N2Cc2ccccc2)cc1. The lowest BCUT2D eigenvalue weighted by molar-refractivity contribution is -0.384. The Morgan fingerprint density at radius 3 is 2.25 bits per heavy atom. The van der Waals surface area contributed by atoms with Crippen molar-refractivity contribution in [1.82, 2.24) is 4.31 Å². The first-order valence-corrected chi connectivity index (χ1v) is 10.1. The van der Waals surface area contributed by atoms with E-state index in [0.717, 1.165) is 5.56 Å². The molecule has 1 aliphatic rings. The summed E-state index contributed by atoms with van der Waals surface area (Å²) in [4.78, 5) is 10.7. The number of para-hydroxylation sites is 1. The van der Waals surface area contributed by atoms with Crippen LogP contribution >= 0.6 is 0 Å². The first-order valence-electron chi connectivity index (χ1n) is 8.62. The van der Waals surface area contributed by atoms with Crippen molar-refractivity contribution in [3.63, 3.8) is 0 Å². The Labute approximate surface area is 162 Å². The number of rotatable bonds is 4. The minimum atomic E-state index is -3.77. The summed E-state index contributed by atoms with van der Waals surface area (Å²) in [5.41, 5.74) is 1.94. The molecule has 142 valence electrons. The van der Waals surface area contributed by atoms with E-state index in [1.165, 1.54) is 16.4 Å². The van der Waals surface area contributed by atoms with E-state index in [0.29, 0.717) is 11.3 Å². The predicted octanol–water partition coefficient (Wildman–Crippen LogP) is 3.91. The van der Waals surface area contributed by atoms with Crippen molar-refractivity contribution in [2.45, 2.75) is 17.6 Å². The van der Waals surface area contributed by atoms with Crippen molar-refractivity contribution in [2.24, 2.45) is 0 Å². The third-order valence-electron chi connectivity index (χ3n) is 4.65. The largest absolute Gasteiger partial charge is 0.364 e. The lowest BCUT2D eigenvalue weighted by Gasteiger charge is -2.37. The van der Waals surface area contributed by atoms with Gasteiger partial charge in [-0.3, -0.25) is 10.1 Å². The maximum absolute atomic E-state index is 13.3. The smallest absolute Gasteiger partial charge is 0.269 e. The molecule has 4 rings (SSSR count). The number of fused-ring (bicyclic) bond motifs is 1. The highest BCUT2D eigenvalue weighted by atomic mass is 32.2. The first-order chi connectivity index (χ1) is 13.5. The van der Waals surface area contributed by atoms with Gasteiger partial charge in [-0.15, -0.1) is 0 Å². The van der Waals surface area contributed by atoms with E-state index in [1.54, 1.807) is 36.4 Å². The van der Waals surface area contributed by atoms with Gasteiger partial charge in [-0.1, -0.05) is 42.5 Å². The summed E-state index contributed by atoms with van der Waals surface area (Å²) in [7, 11) is -3.77. The van der Waals surface area contributed by atoms with Gasteiger partial charge in [0.05, 0.1) is 10.6 Å². The van der Waals surface area contributed by atoms with E-state index >= 15 is 0 Å². The van der Waals surface area contributed by atoms with Crippen molar-refractivity contribution in [3.05, 3.63) is 100 Å². The van der Waals surface area contributed by atoms with Crippen LogP contribution in [0, 0.1) is 10.1 Å². The topological polar surface area (TPSA) is 92.5 Å². The third kappa shape index (κ3) is 3.23. The molecule has 1 N–H and O–H groups in total. The summed E-state index contributed by atoms with van der Waals surface area (Å²) in [6.07, 6.45) is -0.680. The van der Waals surface area contributed by atoms with Crippen LogP contribution in [0.1, 0.15) is 17.3 Å². The summed E-state index contributed by atoms with van der Waals surface area (Å²) in [5.74, 6) is 0. The second kappa shape index (κ2) is 7.06. The quantitative estimate of drug-likeness (QED) is 0.534. The third-order valence-corrected chi connectivity index (χ3v) is 6.52. The van der Waals surface area contributed by atoms with Crippen LogP contribution in [0.15, 0.2) is 83.8 Å². The lowest BCUT2D eigenvalue weighted by Crippen LogP contribution is -2.42. The summed E-state index contributed by atoms with van der Waals surface area (Å²) in [6, 6.07) is 22.0. The number of nitro groups is 1. The van der Waals surface area contributed by atoms with Crippen LogP contribution in [0.5, 0.6) is 0 Å². The van der Waals surface area contributed by atoms with Crippen molar-refractivity contribution in [1.29, 1.82) is 0 Å². The Hall–Kier alpha value is -3.23. The number of nitrogens with one attached hydrogen (secondary N) is 1. The Balaban J connectivity index is 1.81. The van der Waals surface area contributed by atoms with E-state index < -0.39 is 21.1 Å². The maximum atomic E-state index is 13.3. The zero-order chi connectivity index (χ0) is 19.7. The van der Waals surface area contributed by atoms with Gasteiger partial charge >= 0.3 is 0 Å². The second-order valence-corrected chi connectivity index (χ2v) is 8.29. The standard InChI is InChI=1S/C20H17N3O4S/c24-23(25)17-12-10-16(11-13-17)20-21-18-8-4-5-9-19(18)28(26,27)22(20)14-15-6-2-1-3-7-15/h1-13,20-21H,14H2/t20-/m1/s1. The molecule has 0 amide bonds. The number of hydrogen-bond acceptors (Lipinski definition) is 5. The minimum absolute atomic E-state index is 0.0440. The number of hydrogen-bond donors (Lipinski definition) is 1. The molecule has 0 spiro atoms. The normalized spacial score (nSPS) is 18.1. The van der Waals surface area contributed by atoms with Gasteiger partial charge < -0.3 is 5.32 Å². The molecule has 1 heterocycles. The number of nitrogens with zero attached hydrogens (tertiary/aromatic N) is 2. The average molecular weight is 395 g/mol. The molecule has 8 heteroatoms. The molecule has 0 bridgehead atoms. The summed E-state index contributed by atoms with van der Waals surface area (Å²) in [6.45, 7) is 0.173. The summed E-state index contributed by atoms with van der Waals surface area (Å²) < 4.78 is 28.1. The maximum Gasteiger partial charge on any atom is 0.269 e. The molecule has 1 aliphatic heterocycles. The summed E-state index contributed by atoms with van der Waals surface area (Å²) in [5, 5.41) is 14.2. The van der Waals surface area contributed by atoms with E-state index in [1.807, 2.05) is 30.3 Å². The van der Waals surface area contributed by atoms with Crippen LogP contribution in [0.4, 0.5) is 11.4 Å². The van der Waals surface area contributed by atoms with Crippen LogP contribution in [-0.4, -0.2) is 17.6 Å². The van der Waals surface area contributed by atoms with E-state index in [9.17, 15) is 18.5 Å². The number of benzene rings is 3. The Morgan fingerprint density at radius 2 is 1.57 bits per heavy atom. The molecule has 0 fully saturated rings. The molecule has 0 unspecified atom stereocenters. The van der Waals surface area contributed by atoms with Crippen molar-refractivity contribution in [3.8, 4) is 0 Å². The van der Waals surface area contributed by atoms with Gasteiger partial charge in [-0.2, -0.15) is 4.31 Å². The van der Waals surface area contributed by atoms with Crippen LogP contribution in [0.25, 0.3) is 0 Å². The molecular formula is C20H17N3O4S. The van der Waals surface area contributed by atoms with Crippen LogP contribution in [0.3, 0.4) is 0 Å². The van der Waals surface area contributed by atoms with Crippen molar-refractivity contribution in [2.75, 3.05) is 5.32 Å². The molecule has 3 aromatic rings. The number of sulfonamides is 1. The van der Waals surface area contributed by atoms with Crippen LogP contribution in [-0.2, 0) is 16.6 Å². The molecule has 0 saturated carbocycles. The fourth-order valence-corrected chi connectivity index (χ4v) is 4.94. The van der Waals surface area contributed by atoms with E-state index in [4.69, 9.17) is 0 Å². The first kappa shape index (κ1) is 18.1. The number of nitro benzene ring substituents is 1. The molecule has 28 heavy (non-hydrogen) atoms. The molecule has 1 atom stereocenters. The molecule has 3 aromatic carbocycles. The van der Waals surface area contributed by atoms with E-state index in [2.05, 4.69) is 5.32 Å². The number of anilines is 1. The van der Waals surface area contributed by atoms with Gasteiger partial charge in [0.25, 0.3) is 5.69 Å². The van der Waals surface area contributed by atoms with Gasteiger partial charge in [0.15, 0.2) is 0 Å². The second-order valence-electron chi connectivity index (χ2n) is 6.43. The van der Waals surface area contributed by atoms with Crippen LogP contribution in [0.2, 0.25) is 0 Å². The average Bonchev–Trinajstić information content (AvgIpc) is 2.71. The zero-order valence-electron chi connectivity index (χ0n) is 14.7. The molecular weight excluding hydrogens is 378 g/mol.